The molecule has 1 aromatic heterocycles. The van der Waals surface area contributed by atoms with E-state index in [-0.39, 0.29) is 11.4 Å². The van der Waals surface area contributed by atoms with Crippen LogP contribution in [0.3, 0.4) is 0 Å². The first-order chi connectivity index (χ1) is 9.94. The van der Waals surface area contributed by atoms with Gasteiger partial charge >= 0.3 is 0 Å². The Morgan fingerprint density at radius 2 is 2.05 bits per heavy atom. The van der Waals surface area contributed by atoms with Crippen LogP contribution in [0.5, 0.6) is 0 Å². The van der Waals surface area contributed by atoms with Gasteiger partial charge in [-0.1, -0.05) is 6.07 Å². The molecule has 21 heavy (non-hydrogen) atoms. The average Bonchev–Trinajstić information content (AvgIpc) is 2.82. The van der Waals surface area contributed by atoms with E-state index in [9.17, 15) is 8.42 Å². The van der Waals surface area contributed by atoms with Gasteiger partial charge in [0.1, 0.15) is 0 Å². The normalized spacial score (nSPS) is 11.8. The van der Waals surface area contributed by atoms with Crippen LogP contribution < -0.4 is 10.0 Å². The standard InChI is InChI=1S/C13H17BrN4O2S/c1-15-8-10-3-4-13(12(14)7-10)21(19,20)17-9-11-5-6-16-18(11)2/h3-7,15,17H,8-9H2,1-2H3. The highest BCUT2D eigenvalue weighted by atomic mass is 79.9. The lowest BCUT2D eigenvalue weighted by Crippen LogP contribution is -2.24. The second kappa shape index (κ2) is 6.69. The number of nitrogens with one attached hydrogen (secondary N) is 2. The third-order valence-corrected chi connectivity index (χ3v) is 5.41. The third-order valence-electron chi connectivity index (χ3n) is 3.03. The van der Waals surface area contributed by atoms with E-state index in [0.29, 0.717) is 11.0 Å². The predicted molar refractivity (Wildman–Crippen MR) is 84.1 cm³/mol. The van der Waals surface area contributed by atoms with Gasteiger partial charge in [0.05, 0.1) is 17.1 Å². The van der Waals surface area contributed by atoms with Crippen molar-refractivity contribution in [3.05, 3.63) is 46.2 Å². The second-order valence-corrected chi connectivity index (χ2v) is 7.16. The van der Waals surface area contributed by atoms with Gasteiger partial charge in [-0.3, -0.25) is 4.68 Å². The van der Waals surface area contributed by atoms with Gasteiger partial charge in [0.25, 0.3) is 0 Å². The van der Waals surface area contributed by atoms with Crippen LogP contribution >= 0.6 is 15.9 Å². The number of rotatable bonds is 6. The quantitative estimate of drug-likeness (QED) is 0.802. The zero-order valence-corrected chi connectivity index (χ0v) is 14.2. The second-order valence-electron chi connectivity index (χ2n) is 4.57. The third kappa shape index (κ3) is 3.91. The molecule has 0 bridgehead atoms. The van der Waals surface area contributed by atoms with Gasteiger partial charge in [-0.15, -0.1) is 0 Å². The summed E-state index contributed by atoms with van der Waals surface area (Å²) in [6, 6.07) is 6.96. The number of hydrogen-bond donors (Lipinski definition) is 2. The summed E-state index contributed by atoms with van der Waals surface area (Å²) in [6.45, 7) is 0.880. The SMILES string of the molecule is CNCc1ccc(S(=O)(=O)NCc2ccnn2C)c(Br)c1. The van der Waals surface area contributed by atoms with Crippen molar-refractivity contribution in [2.45, 2.75) is 18.0 Å². The Bertz CT molecular complexity index is 728. The van der Waals surface area contributed by atoms with E-state index >= 15 is 0 Å². The molecule has 0 saturated heterocycles. The minimum absolute atomic E-state index is 0.198. The van der Waals surface area contributed by atoms with Crippen molar-refractivity contribution in [3.63, 3.8) is 0 Å². The highest BCUT2D eigenvalue weighted by Crippen LogP contribution is 2.23. The van der Waals surface area contributed by atoms with Crippen molar-refractivity contribution >= 4 is 26.0 Å². The molecule has 0 aliphatic carbocycles. The van der Waals surface area contributed by atoms with E-state index in [1.807, 2.05) is 7.05 Å². The zero-order valence-electron chi connectivity index (χ0n) is 11.8. The molecule has 2 rings (SSSR count). The molecule has 0 radical (unpaired) electrons. The molecule has 0 unspecified atom stereocenters. The number of nitrogens with zero attached hydrogens (tertiary/aromatic N) is 2. The van der Waals surface area contributed by atoms with Gasteiger partial charge in [-0.2, -0.15) is 5.10 Å². The van der Waals surface area contributed by atoms with Gasteiger partial charge in [-0.25, -0.2) is 13.1 Å². The maximum Gasteiger partial charge on any atom is 0.242 e. The van der Waals surface area contributed by atoms with Crippen LogP contribution in [0, 0.1) is 0 Å². The van der Waals surface area contributed by atoms with Crippen molar-refractivity contribution in [1.29, 1.82) is 0 Å². The monoisotopic (exact) mass is 372 g/mol. The van der Waals surface area contributed by atoms with Crippen LogP contribution in [0.15, 0.2) is 39.8 Å². The highest BCUT2D eigenvalue weighted by molar-refractivity contribution is 9.10. The van der Waals surface area contributed by atoms with Crippen molar-refractivity contribution in [2.24, 2.45) is 7.05 Å². The first-order valence-corrected chi connectivity index (χ1v) is 8.61. The van der Waals surface area contributed by atoms with E-state index in [4.69, 9.17) is 0 Å². The summed E-state index contributed by atoms with van der Waals surface area (Å²) >= 11 is 3.32. The fraction of sp³-hybridized carbons (Fsp3) is 0.308. The Balaban J connectivity index is 2.17. The van der Waals surface area contributed by atoms with Gasteiger partial charge < -0.3 is 5.32 Å². The molecule has 0 aliphatic heterocycles. The summed E-state index contributed by atoms with van der Waals surface area (Å²) in [7, 11) is 0.0373. The van der Waals surface area contributed by atoms with Crippen molar-refractivity contribution in [3.8, 4) is 0 Å². The minimum atomic E-state index is -3.57. The molecule has 0 amide bonds. The van der Waals surface area contributed by atoms with Crippen LogP contribution in [-0.4, -0.2) is 25.2 Å². The molecule has 114 valence electrons. The number of aromatic nitrogens is 2. The Labute approximate surface area is 132 Å². The van der Waals surface area contributed by atoms with Gasteiger partial charge in [-0.05, 0) is 46.7 Å². The first-order valence-electron chi connectivity index (χ1n) is 6.33. The van der Waals surface area contributed by atoms with Gasteiger partial charge in [0.15, 0.2) is 0 Å². The Morgan fingerprint density at radius 3 is 2.62 bits per heavy atom. The zero-order chi connectivity index (χ0) is 15.5. The fourth-order valence-corrected chi connectivity index (χ4v) is 4.02. The molecule has 1 heterocycles. The first kappa shape index (κ1) is 16.2. The van der Waals surface area contributed by atoms with Crippen LogP contribution in [0.1, 0.15) is 11.3 Å². The summed E-state index contributed by atoms with van der Waals surface area (Å²) < 4.78 is 29.4. The number of aryl methyl sites for hydroxylation is 1. The maximum atomic E-state index is 12.3. The molecule has 0 aliphatic rings. The van der Waals surface area contributed by atoms with Crippen LogP contribution in [0.4, 0.5) is 0 Å². The van der Waals surface area contributed by atoms with E-state index in [1.165, 1.54) is 0 Å². The van der Waals surface area contributed by atoms with E-state index < -0.39 is 10.0 Å². The smallest absolute Gasteiger partial charge is 0.242 e. The summed E-state index contributed by atoms with van der Waals surface area (Å²) in [5.74, 6) is 0. The lowest BCUT2D eigenvalue weighted by Gasteiger charge is -2.10. The molecule has 1 aromatic carbocycles. The number of benzene rings is 1. The predicted octanol–water partition coefficient (Wildman–Crippen LogP) is 1.38. The lowest BCUT2D eigenvalue weighted by atomic mass is 10.2. The van der Waals surface area contributed by atoms with Crippen molar-refractivity contribution < 1.29 is 8.42 Å². The van der Waals surface area contributed by atoms with E-state index in [0.717, 1.165) is 11.3 Å². The molecular weight excluding hydrogens is 356 g/mol. The van der Waals surface area contributed by atoms with Crippen molar-refractivity contribution in [1.82, 2.24) is 19.8 Å². The maximum absolute atomic E-state index is 12.3. The molecular formula is C13H17BrN4O2S. The fourth-order valence-electron chi connectivity index (χ4n) is 1.90. The topological polar surface area (TPSA) is 76.0 Å². The summed E-state index contributed by atoms with van der Waals surface area (Å²) in [6.07, 6.45) is 1.63. The van der Waals surface area contributed by atoms with Gasteiger partial charge in [0, 0.05) is 24.3 Å². The number of halogens is 1. The number of sulfonamides is 1. The summed E-state index contributed by atoms with van der Waals surface area (Å²) in [5, 5.41) is 7.03. The molecule has 0 fully saturated rings. The Morgan fingerprint density at radius 1 is 1.29 bits per heavy atom. The molecule has 0 saturated carbocycles. The molecule has 0 spiro atoms. The lowest BCUT2D eigenvalue weighted by molar-refractivity contribution is 0.576. The molecule has 6 nitrogen and oxygen atoms in total. The summed E-state index contributed by atoms with van der Waals surface area (Å²) in [5.41, 5.74) is 1.80. The number of hydrogen-bond acceptors (Lipinski definition) is 4. The Hall–Kier alpha value is -1.22. The Kier molecular flexibility index (Phi) is 5.15. The van der Waals surface area contributed by atoms with Crippen LogP contribution in [-0.2, 0) is 30.2 Å². The van der Waals surface area contributed by atoms with E-state index in [1.54, 1.807) is 42.2 Å². The highest BCUT2D eigenvalue weighted by Gasteiger charge is 2.18. The average molecular weight is 373 g/mol. The molecule has 0 atom stereocenters. The van der Waals surface area contributed by atoms with Crippen LogP contribution in [0.2, 0.25) is 0 Å². The molecule has 2 aromatic rings. The van der Waals surface area contributed by atoms with Gasteiger partial charge in [0.2, 0.25) is 10.0 Å². The van der Waals surface area contributed by atoms with E-state index in [2.05, 4.69) is 31.1 Å². The summed E-state index contributed by atoms with van der Waals surface area (Å²) in [4.78, 5) is 0.226. The molecule has 2 N–H and O–H groups in total. The van der Waals surface area contributed by atoms with Crippen LogP contribution in [0.25, 0.3) is 0 Å². The minimum Gasteiger partial charge on any atom is -0.316 e. The van der Waals surface area contributed by atoms with Crippen molar-refractivity contribution in [2.75, 3.05) is 7.05 Å². The molecule has 8 heteroatoms. The largest absolute Gasteiger partial charge is 0.316 e.